The van der Waals surface area contributed by atoms with Crippen LogP contribution in [0, 0.1) is 0 Å². The molecule has 8 heteroatoms. The van der Waals surface area contributed by atoms with Gasteiger partial charge in [-0.1, -0.05) is 24.3 Å². The van der Waals surface area contributed by atoms with Crippen molar-refractivity contribution in [3.05, 3.63) is 66.0 Å². The minimum Gasteiger partial charge on any atom is -0.378 e. The third-order valence-corrected chi connectivity index (χ3v) is 4.43. The Morgan fingerprint density at radius 1 is 1.04 bits per heavy atom. The van der Waals surface area contributed by atoms with E-state index >= 15 is 0 Å². The molecule has 8 nitrogen and oxygen atoms in total. The molecule has 0 spiro atoms. The molecular formula is C19H20N6O2. The number of morpholine rings is 1. The second kappa shape index (κ2) is 7.96. The summed E-state index contributed by atoms with van der Waals surface area (Å²) in [5.74, 6) is 0.409. The third-order valence-electron chi connectivity index (χ3n) is 4.43. The predicted octanol–water partition coefficient (Wildman–Crippen LogP) is 1.43. The summed E-state index contributed by atoms with van der Waals surface area (Å²) in [7, 11) is 0. The lowest BCUT2D eigenvalue weighted by Gasteiger charge is -2.29. The van der Waals surface area contributed by atoms with Crippen molar-refractivity contribution in [2.75, 3.05) is 31.2 Å². The number of anilines is 1. The number of benzene rings is 2. The van der Waals surface area contributed by atoms with Gasteiger partial charge in [-0.25, -0.2) is 0 Å². The maximum atomic E-state index is 12.6. The van der Waals surface area contributed by atoms with Gasteiger partial charge in [0.2, 0.25) is 0 Å². The molecule has 3 aromatic rings. The summed E-state index contributed by atoms with van der Waals surface area (Å²) in [5, 5.41) is 14.6. The molecular weight excluding hydrogens is 344 g/mol. The largest absolute Gasteiger partial charge is 0.378 e. The summed E-state index contributed by atoms with van der Waals surface area (Å²) in [6.45, 7) is 3.31. The first-order chi connectivity index (χ1) is 13.3. The summed E-state index contributed by atoms with van der Waals surface area (Å²) in [6.07, 6.45) is 0. The number of tetrazole rings is 1. The van der Waals surface area contributed by atoms with Gasteiger partial charge in [-0.3, -0.25) is 4.79 Å². The zero-order valence-corrected chi connectivity index (χ0v) is 14.8. The number of nitrogens with zero attached hydrogens (tertiary/aromatic N) is 5. The highest BCUT2D eigenvalue weighted by Crippen LogP contribution is 2.17. The fraction of sp³-hybridized carbons (Fsp3) is 0.263. The van der Waals surface area contributed by atoms with Gasteiger partial charge >= 0.3 is 0 Å². The van der Waals surface area contributed by atoms with Crippen LogP contribution in [0.15, 0.2) is 54.6 Å². The number of carbonyl (C=O) groups is 1. The summed E-state index contributed by atoms with van der Waals surface area (Å²) < 4.78 is 7.00. The molecule has 0 radical (unpaired) electrons. The van der Waals surface area contributed by atoms with Crippen molar-refractivity contribution in [3.8, 4) is 5.69 Å². The predicted molar refractivity (Wildman–Crippen MR) is 99.8 cm³/mol. The fourth-order valence-electron chi connectivity index (χ4n) is 3.01. The second-order valence-electron chi connectivity index (χ2n) is 6.17. The molecule has 1 amide bonds. The molecule has 0 unspecified atom stereocenters. The van der Waals surface area contributed by atoms with Crippen molar-refractivity contribution in [3.63, 3.8) is 0 Å². The molecule has 1 saturated heterocycles. The number of para-hydroxylation sites is 1. The molecule has 27 heavy (non-hydrogen) atoms. The van der Waals surface area contributed by atoms with E-state index in [9.17, 15) is 4.79 Å². The third kappa shape index (κ3) is 3.95. The number of hydrogen-bond acceptors (Lipinski definition) is 6. The highest BCUT2D eigenvalue weighted by molar-refractivity contribution is 5.95. The van der Waals surface area contributed by atoms with Gasteiger partial charge in [0.15, 0.2) is 5.82 Å². The van der Waals surface area contributed by atoms with Crippen molar-refractivity contribution >= 4 is 11.6 Å². The van der Waals surface area contributed by atoms with Crippen LogP contribution < -0.4 is 10.2 Å². The number of hydrogen-bond donors (Lipinski definition) is 1. The van der Waals surface area contributed by atoms with Crippen LogP contribution in [-0.4, -0.2) is 52.4 Å². The Bertz CT molecular complexity index is 905. The van der Waals surface area contributed by atoms with Gasteiger partial charge < -0.3 is 15.0 Å². The second-order valence-corrected chi connectivity index (χ2v) is 6.17. The van der Waals surface area contributed by atoms with E-state index in [1.807, 2.05) is 48.5 Å². The number of nitrogens with one attached hydrogen (secondary N) is 1. The summed E-state index contributed by atoms with van der Waals surface area (Å²) in [5.41, 5.74) is 2.49. The first kappa shape index (κ1) is 17.2. The summed E-state index contributed by atoms with van der Waals surface area (Å²) >= 11 is 0. The minimum atomic E-state index is -0.160. The van der Waals surface area contributed by atoms with Crippen LogP contribution >= 0.6 is 0 Å². The van der Waals surface area contributed by atoms with E-state index in [2.05, 4.69) is 25.7 Å². The van der Waals surface area contributed by atoms with Crippen LogP contribution in [0.4, 0.5) is 5.69 Å². The molecule has 0 atom stereocenters. The lowest BCUT2D eigenvalue weighted by atomic mass is 10.1. The van der Waals surface area contributed by atoms with Crippen molar-refractivity contribution in [2.24, 2.45) is 0 Å². The lowest BCUT2D eigenvalue weighted by Crippen LogP contribution is -2.36. The van der Waals surface area contributed by atoms with Crippen LogP contribution in [0.3, 0.4) is 0 Å². The molecule has 0 aliphatic carbocycles. The van der Waals surface area contributed by atoms with E-state index in [4.69, 9.17) is 4.74 Å². The number of carbonyl (C=O) groups excluding carboxylic acids is 1. The van der Waals surface area contributed by atoms with E-state index < -0.39 is 0 Å². The molecule has 1 aromatic heterocycles. The van der Waals surface area contributed by atoms with Crippen molar-refractivity contribution in [1.82, 2.24) is 25.5 Å². The topological polar surface area (TPSA) is 85.2 Å². The molecule has 4 rings (SSSR count). The maximum absolute atomic E-state index is 12.6. The Morgan fingerprint density at radius 3 is 2.63 bits per heavy atom. The highest BCUT2D eigenvalue weighted by Gasteiger charge is 2.14. The Labute approximate surface area is 156 Å². The van der Waals surface area contributed by atoms with Gasteiger partial charge in [-0.05, 0) is 40.8 Å². The standard InChI is InChI=1S/C19H20N6O2/c26-19(15-5-4-8-17(13-15)24-9-11-27-12-10-24)20-14-18-21-22-23-25(18)16-6-2-1-3-7-16/h1-8,13H,9-12,14H2,(H,20,26). The molecule has 2 heterocycles. The van der Waals surface area contributed by atoms with E-state index in [0.717, 1.165) is 24.5 Å². The van der Waals surface area contributed by atoms with Gasteiger partial charge in [0.25, 0.3) is 5.91 Å². The van der Waals surface area contributed by atoms with Crippen molar-refractivity contribution in [1.29, 1.82) is 0 Å². The van der Waals surface area contributed by atoms with Crippen molar-refractivity contribution < 1.29 is 9.53 Å². The first-order valence-corrected chi connectivity index (χ1v) is 8.85. The first-order valence-electron chi connectivity index (χ1n) is 8.85. The molecule has 0 bridgehead atoms. The number of amides is 1. The fourth-order valence-corrected chi connectivity index (χ4v) is 3.01. The zero-order valence-electron chi connectivity index (χ0n) is 14.8. The summed E-state index contributed by atoms with van der Waals surface area (Å²) in [6, 6.07) is 17.2. The van der Waals surface area contributed by atoms with Gasteiger partial charge in [-0.2, -0.15) is 4.68 Å². The smallest absolute Gasteiger partial charge is 0.251 e. The Kier molecular flexibility index (Phi) is 5.06. The molecule has 1 aliphatic rings. The quantitative estimate of drug-likeness (QED) is 0.737. The average molecular weight is 364 g/mol. The molecule has 2 aromatic carbocycles. The molecule has 1 N–H and O–H groups in total. The number of aromatic nitrogens is 4. The van der Waals surface area contributed by atoms with Crippen LogP contribution in [0.5, 0.6) is 0 Å². The monoisotopic (exact) mass is 364 g/mol. The van der Waals surface area contributed by atoms with Gasteiger partial charge in [-0.15, -0.1) is 5.10 Å². The summed E-state index contributed by atoms with van der Waals surface area (Å²) in [4.78, 5) is 14.8. The van der Waals surface area contributed by atoms with E-state index in [1.54, 1.807) is 10.7 Å². The van der Waals surface area contributed by atoms with Gasteiger partial charge in [0, 0.05) is 24.3 Å². The molecule has 0 saturated carbocycles. The minimum absolute atomic E-state index is 0.160. The average Bonchev–Trinajstić information content (AvgIpc) is 3.22. The van der Waals surface area contributed by atoms with Gasteiger partial charge in [0.05, 0.1) is 25.4 Å². The zero-order chi connectivity index (χ0) is 18.5. The van der Waals surface area contributed by atoms with E-state index in [-0.39, 0.29) is 12.5 Å². The van der Waals surface area contributed by atoms with Crippen LogP contribution in [0.1, 0.15) is 16.2 Å². The Morgan fingerprint density at radius 2 is 1.81 bits per heavy atom. The van der Waals surface area contributed by atoms with Gasteiger partial charge in [0.1, 0.15) is 0 Å². The molecule has 138 valence electrons. The Hall–Kier alpha value is -3.26. The number of rotatable bonds is 5. The van der Waals surface area contributed by atoms with Crippen LogP contribution in [-0.2, 0) is 11.3 Å². The maximum Gasteiger partial charge on any atom is 0.251 e. The SMILES string of the molecule is O=C(NCc1nnnn1-c1ccccc1)c1cccc(N2CCOCC2)c1. The highest BCUT2D eigenvalue weighted by atomic mass is 16.5. The molecule has 1 aliphatic heterocycles. The van der Waals surface area contributed by atoms with E-state index in [1.165, 1.54) is 0 Å². The van der Waals surface area contributed by atoms with Crippen LogP contribution in [0.25, 0.3) is 5.69 Å². The number of ether oxygens (including phenoxy) is 1. The van der Waals surface area contributed by atoms with Crippen molar-refractivity contribution in [2.45, 2.75) is 6.54 Å². The molecule has 1 fully saturated rings. The Balaban J connectivity index is 1.44. The van der Waals surface area contributed by atoms with Crippen LogP contribution in [0.2, 0.25) is 0 Å². The normalized spacial score (nSPS) is 14.1. The van der Waals surface area contributed by atoms with E-state index in [0.29, 0.717) is 24.6 Å². The lowest BCUT2D eigenvalue weighted by molar-refractivity contribution is 0.0949.